The summed E-state index contributed by atoms with van der Waals surface area (Å²) >= 11 is 3.26. The summed E-state index contributed by atoms with van der Waals surface area (Å²) in [5.74, 6) is -1.26. The van der Waals surface area contributed by atoms with E-state index in [0.29, 0.717) is 28.8 Å². The van der Waals surface area contributed by atoms with Gasteiger partial charge in [0.25, 0.3) is 17.7 Å². The fraction of sp³-hybridized carbons (Fsp3) is 0.308. The number of benzene rings is 1. The van der Waals surface area contributed by atoms with Crippen LogP contribution in [-0.4, -0.2) is 47.4 Å². The number of rotatable bonds is 2. The molecule has 0 radical (unpaired) electrons. The third-order valence-corrected chi connectivity index (χ3v) is 3.75. The molecule has 1 saturated heterocycles. The van der Waals surface area contributed by atoms with Crippen molar-refractivity contribution in [2.24, 2.45) is 0 Å². The SMILES string of the molecule is O=C(CN1C(=O)c2ccc(Br)cc2C1=O)N1CCCO1. The van der Waals surface area contributed by atoms with Gasteiger partial charge in [-0.15, -0.1) is 0 Å². The molecule has 0 bridgehead atoms. The Labute approximate surface area is 123 Å². The summed E-state index contributed by atoms with van der Waals surface area (Å²) in [4.78, 5) is 42.4. The molecule has 2 aliphatic heterocycles. The molecule has 104 valence electrons. The largest absolute Gasteiger partial charge is 0.271 e. The number of amides is 3. The van der Waals surface area contributed by atoms with Crippen LogP contribution < -0.4 is 0 Å². The van der Waals surface area contributed by atoms with E-state index in [9.17, 15) is 14.4 Å². The molecule has 1 fully saturated rings. The number of hydroxylamine groups is 2. The van der Waals surface area contributed by atoms with E-state index in [1.54, 1.807) is 18.2 Å². The third-order valence-electron chi connectivity index (χ3n) is 3.26. The molecule has 2 aliphatic rings. The fourth-order valence-electron chi connectivity index (χ4n) is 2.26. The van der Waals surface area contributed by atoms with Crippen molar-refractivity contribution in [3.05, 3.63) is 33.8 Å². The van der Waals surface area contributed by atoms with E-state index >= 15 is 0 Å². The Hall–Kier alpha value is -1.73. The first-order chi connectivity index (χ1) is 9.58. The molecular formula is C13H11BrN2O4. The number of carbonyl (C=O) groups excluding carboxylic acids is 3. The maximum absolute atomic E-state index is 12.2. The van der Waals surface area contributed by atoms with E-state index in [1.165, 1.54) is 5.06 Å². The van der Waals surface area contributed by atoms with Gasteiger partial charge in [-0.25, -0.2) is 5.06 Å². The van der Waals surface area contributed by atoms with Gasteiger partial charge in [-0.1, -0.05) is 15.9 Å². The molecule has 0 saturated carbocycles. The Morgan fingerprint density at radius 3 is 2.70 bits per heavy atom. The Bertz CT molecular complexity index is 610. The van der Waals surface area contributed by atoms with Crippen LogP contribution in [0, 0.1) is 0 Å². The van der Waals surface area contributed by atoms with Crippen molar-refractivity contribution in [3.63, 3.8) is 0 Å². The average Bonchev–Trinajstić information content (AvgIpc) is 3.03. The summed E-state index contributed by atoms with van der Waals surface area (Å²) in [6.45, 7) is 0.693. The van der Waals surface area contributed by atoms with Gasteiger partial charge < -0.3 is 0 Å². The van der Waals surface area contributed by atoms with Crippen molar-refractivity contribution in [1.29, 1.82) is 0 Å². The molecule has 0 aromatic heterocycles. The zero-order chi connectivity index (χ0) is 14.3. The minimum Gasteiger partial charge on any atom is -0.271 e. The second-order valence-corrected chi connectivity index (χ2v) is 5.48. The van der Waals surface area contributed by atoms with Crippen LogP contribution in [0.3, 0.4) is 0 Å². The van der Waals surface area contributed by atoms with Crippen molar-refractivity contribution in [2.75, 3.05) is 19.7 Å². The molecule has 0 atom stereocenters. The van der Waals surface area contributed by atoms with Crippen molar-refractivity contribution in [2.45, 2.75) is 6.42 Å². The summed E-state index contributed by atoms with van der Waals surface area (Å²) in [5, 5.41) is 1.21. The first-order valence-corrected chi connectivity index (χ1v) is 6.96. The lowest BCUT2D eigenvalue weighted by Crippen LogP contribution is -2.41. The Kier molecular flexibility index (Phi) is 3.31. The number of halogens is 1. The summed E-state index contributed by atoms with van der Waals surface area (Å²) < 4.78 is 0.716. The highest BCUT2D eigenvalue weighted by Crippen LogP contribution is 2.26. The van der Waals surface area contributed by atoms with Gasteiger partial charge in [-0.2, -0.15) is 0 Å². The lowest BCUT2D eigenvalue weighted by atomic mass is 10.1. The number of carbonyl (C=O) groups is 3. The Morgan fingerprint density at radius 1 is 1.25 bits per heavy atom. The molecule has 0 aliphatic carbocycles. The predicted molar refractivity (Wildman–Crippen MR) is 71.8 cm³/mol. The number of hydrogen-bond acceptors (Lipinski definition) is 4. The standard InChI is InChI=1S/C13H11BrN2O4/c14-8-2-3-9-10(6-8)13(19)15(12(9)18)7-11(17)16-4-1-5-20-16/h2-3,6H,1,4-5,7H2. The highest BCUT2D eigenvalue weighted by atomic mass is 79.9. The number of fused-ring (bicyclic) bond motifs is 1. The average molecular weight is 339 g/mol. The van der Waals surface area contributed by atoms with E-state index < -0.39 is 11.8 Å². The van der Waals surface area contributed by atoms with Crippen molar-refractivity contribution in [1.82, 2.24) is 9.96 Å². The molecule has 0 spiro atoms. The smallest absolute Gasteiger partial charge is 0.266 e. The van der Waals surface area contributed by atoms with Gasteiger partial charge >= 0.3 is 0 Å². The quantitative estimate of drug-likeness (QED) is 0.760. The Balaban J connectivity index is 1.81. The first-order valence-electron chi connectivity index (χ1n) is 6.17. The maximum atomic E-state index is 12.2. The molecule has 3 amide bonds. The highest BCUT2D eigenvalue weighted by molar-refractivity contribution is 9.10. The third kappa shape index (κ3) is 2.12. The monoisotopic (exact) mass is 338 g/mol. The van der Waals surface area contributed by atoms with Crippen molar-refractivity contribution in [3.8, 4) is 0 Å². The van der Waals surface area contributed by atoms with Gasteiger partial charge in [-0.3, -0.25) is 24.1 Å². The zero-order valence-corrected chi connectivity index (χ0v) is 12.1. The van der Waals surface area contributed by atoms with Gasteiger partial charge in [-0.05, 0) is 24.6 Å². The molecule has 6 nitrogen and oxygen atoms in total. The minimum absolute atomic E-state index is 0.288. The molecule has 3 rings (SSSR count). The van der Waals surface area contributed by atoms with Crippen LogP contribution in [-0.2, 0) is 9.63 Å². The summed E-state index contributed by atoms with van der Waals surface area (Å²) in [6.07, 6.45) is 0.765. The van der Waals surface area contributed by atoms with Crippen LogP contribution in [0.1, 0.15) is 27.1 Å². The van der Waals surface area contributed by atoms with E-state index in [1.807, 2.05) is 0 Å². The van der Waals surface area contributed by atoms with Crippen LogP contribution in [0.4, 0.5) is 0 Å². The molecule has 1 aromatic rings. The molecule has 7 heteroatoms. The predicted octanol–water partition coefficient (Wildman–Crippen LogP) is 1.21. The minimum atomic E-state index is -0.446. The van der Waals surface area contributed by atoms with E-state index in [4.69, 9.17) is 4.84 Å². The van der Waals surface area contributed by atoms with Crippen molar-refractivity contribution < 1.29 is 19.2 Å². The van der Waals surface area contributed by atoms with Crippen LogP contribution >= 0.6 is 15.9 Å². The van der Waals surface area contributed by atoms with E-state index in [2.05, 4.69) is 15.9 Å². The second kappa shape index (κ2) is 4.99. The molecule has 1 aromatic carbocycles. The van der Waals surface area contributed by atoms with Crippen LogP contribution in [0.5, 0.6) is 0 Å². The number of imide groups is 1. The topological polar surface area (TPSA) is 66.9 Å². The van der Waals surface area contributed by atoms with Gasteiger partial charge in [0, 0.05) is 4.47 Å². The van der Waals surface area contributed by atoms with Gasteiger partial charge in [0.2, 0.25) is 0 Å². The van der Waals surface area contributed by atoms with Crippen LogP contribution in [0.25, 0.3) is 0 Å². The Morgan fingerprint density at radius 2 is 2.00 bits per heavy atom. The molecule has 2 heterocycles. The molecule has 0 unspecified atom stereocenters. The zero-order valence-electron chi connectivity index (χ0n) is 10.5. The van der Waals surface area contributed by atoms with Gasteiger partial charge in [0.05, 0.1) is 24.3 Å². The van der Waals surface area contributed by atoms with Crippen LogP contribution in [0.15, 0.2) is 22.7 Å². The van der Waals surface area contributed by atoms with Gasteiger partial charge in [0.15, 0.2) is 0 Å². The fourth-order valence-corrected chi connectivity index (χ4v) is 2.63. The number of nitrogens with zero attached hydrogens (tertiary/aromatic N) is 2. The summed E-state index contributed by atoms with van der Waals surface area (Å²) in [6, 6.07) is 4.86. The maximum Gasteiger partial charge on any atom is 0.266 e. The number of hydrogen-bond donors (Lipinski definition) is 0. The molecule has 0 N–H and O–H groups in total. The highest BCUT2D eigenvalue weighted by Gasteiger charge is 2.37. The first kappa shape index (κ1) is 13.3. The normalized spacial score (nSPS) is 17.9. The lowest BCUT2D eigenvalue weighted by molar-refractivity contribution is -0.168. The van der Waals surface area contributed by atoms with Crippen molar-refractivity contribution >= 4 is 33.7 Å². The molecular weight excluding hydrogens is 328 g/mol. The summed E-state index contributed by atoms with van der Waals surface area (Å²) in [5.41, 5.74) is 0.646. The van der Waals surface area contributed by atoms with Crippen LogP contribution in [0.2, 0.25) is 0 Å². The van der Waals surface area contributed by atoms with E-state index in [0.717, 1.165) is 11.3 Å². The lowest BCUT2D eigenvalue weighted by Gasteiger charge is -2.18. The summed E-state index contributed by atoms with van der Waals surface area (Å²) in [7, 11) is 0. The van der Waals surface area contributed by atoms with E-state index in [-0.39, 0.29) is 12.5 Å². The van der Waals surface area contributed by atoms with Gasteiger partial charge in [0.1, 0.15) is 6.54 Å². The molecule has 20 heavy (non-hydrogen) atoms. The second-order valence-electron chi connectivity index (χ2n) is 4.57.